The second-order valence-electron chi connectivity index (χ2n) is 7.92. The van der Waals surface area contributed by atoms with Crippen molar-refractivity contribution in [2.24, 2.45) is 0 Å². The van der Waals surface area contributed by atoms with Gasteiger partial charge in [0.25, 0.3) is 0 Å². The Labute approximate surface area is 187 Å². The molecule has 6 nitrogen and oxygen atoms in total. The molecule has 0 aliphatic carbocycles. The largest absolute Gasteiger partial charge is 0.426 e. The van der Waals surface area contributed by atoms with Gasteiger partial charge in [0.05, 0.1) is 5.60 Å². The third-order valence-electron chi connectivity index (χ3n) is 5.47. The Morgan fingerprint density at radius 3 is 2.31 bits per heavy atom. The number of para-hydroxylation sites is 1. The lowest BCUT2D eigenvalue weighted by Crippen LogP contribution is -2.46. The van der Waals surface area contributed by atoms with Crippen LogP contribution in [-0.4, -0.2) is 40.0 Å². The van der Waals surface area contributed by atoms with Gasteiger partial charge in [0, 0.05) is 19.5 Å². The first-order chi connectivity index (χ1) is 15.6. The zero-order valence-corrected chi connectivity index (χ0v) is 17.8. The van der Waals surface area contributed by atoms with Crippen LogP contribution in [0, 0.1) is 11.8 Å². The van der Waals surface area contributed by atoms with Gasteiger partial charge < -0.3 is 14.7 Å². The van der Waals surface area contributed by atoms with Crippen molar-refractivity contribution in [1.82, 2.24) is 10.2 Å². The molecule has 1 aromatic heterocycles. The SMILES string of the molecule is O=C(CC#Cc1ccc(N2CCC(O)(Cc3ccccc3)CC2)nn1)Oc1ccccc1. The van der Waals surface area contributed by atoms with Gasteiger partial charge in [-0.25, -0.2) is 0 Å². The predicted octanol–water partition coefficient (Wildman–Crippen LogP) is 3.40. The summed E-state index contributed by atoms with van der Waals surface area (Å²) in [5, 5.41) is 19.4. The maximum atomic E-state index is 11.8. The Bertz CT molecular complexity index is 1080. The number of aliphatic hydroxyl groups is 1. The number of ether oxygens (including phenoxy) is 1. The molecule has 0 atom stereocenters. The number of piperidine rings is 1. The van der Waals surface area contributed by atoms with Crippen molar-refractivity contribution < 1.29 is 14.6 Å². The predicted molar refractivity (Wildman–Crippen MR) is 122 cm³/mol. The highest BCUT2D eigenvalue weighted by Gasteiger charge is 2.32. The monoisotopic (exact) mass is 427 g/mol. The first-order valence-corrected chi connectivity index (χ1v) is 10.7. The summed E-state index contributed by atoms with van der Waals surface area (Å²) < 4.78 is 5.20. The summed E-state index contributed by atoms with van der Waals surface area (Å²) in [6, 6.07) is 22.7. The summed E-state index contributed by atoms with van der Waals surface area (Å²) in [4.78, 5) is 14.0. The third kappa shape index (κ3) is 5.93. The molecule has 1 aliphatic rings. The Morgan fingerprint density at radius 1 is 0.969 bits per heavy atom. The summed E-state index contributed by atoms with van der Waals surface area (Å²) >= 11 is 0. The van der Waals surface area contributed by atoms with Crippen LogP contribution >= 0.6 is 0 Å². The molecule has 1 fully saturated rings. The van der Waals surface area contributed by atoms with Crippen LogP contribution in [0.3, 0.4) is 0 Å². The van der Waals surface area contributed by atoms with Gasteiger partial charge in [0.2, 0.25) is 0 Å². The van der Waals surface area contributed by atoms with Crippen molar-refractivity contribution in [1.29, 1.82) is 0 Å². The number of benzene rings is 2. The second kappa shape index (κ2) is 10.1. The van der Waals surface area contributed by atoms with E-state index in [4.69, 9.17) is 4.74 Å². The number of hydrogen-bond donors (Lipinski definition) is 1. The fourth-order valence-corrected chi connectivity index (χ4v) is 3.73. The molecule has 32 heavy (non-hydrogen) atoms. The number of nitrogens with zero attached hydrogens (tertiary/aromatic N) is 3. The van der Waals surface area contributed by atoms with E-state index in [0.29, 0.717) is 43.8 Å². The van der Waals surface area contributed by atoms with Crippen molar-refractivity contribution in [3.63, 3.8) is 0 Å². The zero-order valence-electron chi connectivity index (χ0n) is 17.8. The summed E-state index contributed by atoms with van der Waals surface area (Å²) in [5.41, 5.74) is 0.961. The highest BCUT2D eigenvalue weighted by atomic mass is 16.5. The molecule has 3 aromatic rings. The van der Waals surface area contributed by atoms with Crippen LogP contribution in [0.1, 0.15) is 30.5 Å². The molecule has 1 saturated heterocycles. The highest BCUT2D eigenvalue weighted by molar-refractivity contribution is 5.75. The normalized spacial score (nSPS) is 14.8. The number of rotatable bonds is 5. The van der Waals surface area contributed by atoms with E-state index in [9.17, 15) is 9.90 Å². The van der Waals surface area contributed by atoms with Crippen LogP contribution in [0.4, 0.5) is 5.82 Å². The number of anilines is 1. The molecule has 0 spiro atoms. The molecule has 0 saturated carbocycles. The standard InChI is InChI=1S/C26H25N3O3/c30-25(32-23-11-5-2-6-12-23)13-7-10-22-14-15-24(28-27-22)29-18-16-26(31,17-19-29)20-21-8-3-1-4-9-21/h1-6,8-9,11-12,14-15,31H,13,16-20H2. The maximum Gasteiger partial charge on any atom is 0.323 e. The molecule has 2 heterocycles. The lowest BCUT2D eigenvalue weighted by Gasteiger charge is -2.38. The molecule has 0 amide bonds. The van der Waals surface area contributed by atoms with Crippen molar-refractivity contribution in [2.45, 2.75) is 31.3 Å². The topological polar surface area (TPSA) is 75.6 Å². The number of esters is 1. The van der Waals surface area contributed by atoms with Crippen molar-refractivity contribution >= 4 is 11.8 Å². The first kappa shape index (κ1) is 21.5. The fourth-order valence-electron chi connectivity index (χ4n) is 3.73. The lowest BCUT2D eigenvalue weighted by atomic mass is 9.85. The Balaban J connectivity index is 1.27. The second-order valence-corrected chi connectivity index (χ2v) is 7.92. The van der Waals surface area contributed by atoms with Crippen LogP contribution in [0.25, 0.3) is 0 Å². The van der Waals surface area contributed by atoms with Crippen molar-refractivity contribution in [3.05, 3.63) is 84.1 Å². The lowest BCUT2D eigenvalue weighted by molar-refractivity contribution is -0.133. The summed E-state index contributed by atoms with van der Waals surface area (Å²) in [7, 11) is 0. The quantitative estimate of drug-likeness (QED) is 0.382. The summed E-state index contributed by atoms with van der Waals surface area (Å²) in [6.07, 6.45) is 1.99. The molecule has 162 valence electrons. The molecule has 1 N–H and O–H groups in total. The summed E-state index contributed by atoms with van der Waals surface area (Å²) in [5.74, 6) is 6.48. The number of carbonyl (C=O) groups is 1. The molecule has 6 heteroatoms. The average Bonchev–Trinajstić information content (AvgIpc) is 2.81. The van der Waals surface area contributed by atoms with Crippen LogP contribution < -0.4 is 9.64 Å². The van der Waals surface area contributed by atoms with Gasteiger partial charge in [-0.1, -0.05) is 54.5 Å². The molecule has 0 radical (unpaired) electrons. The van der Waals surface area contributed by atoms with E-state index in [0.717, 1.165) is 11.4 Å². The smallest absolute Gasteiger partial charge is 0.323 e. The molecule has 2 aromatic carbocycles. The summed E-state index contributed by atoms with van der Waals surface area (Å²) in [6.45, 7) is 1.43. The molecule has 0 unspecified atom stereocenters. The molecule has 1 aliphatic heterocycles. The van der Waals surface area contributed by atoms with Crippen LogP contribution in [0.2, 0.25) is 0 Å². The molecule has 4 rings (SSSR count). The van der Waals surface area contributed by atoms with Gasteiger partial charge in [0.15, 0.2) is 5.82 Å². The number of hydrogen-bond acceptors (Lipinski definition) is 6. The third-order valence-corrected chi connectivity index (χ3v) is 5.47. The van der Waals surface area contributed by atoms with Gasteiger partial charge in [0.1, 0.15) is 17.9 Å². The Kier molecular flexibility index (Phi) is 6.78. The molecule has 0 bridgehead atoms. The van der Waals surface area contributed by atoms with Crippen LogP contribution in [0.15, 0.2) is 72.8 Å². The van der Waals surface area contributed by atoms with Gasteiger partial charge in [-0.05, 0) is 48.6 Å². The van der Waals surface area contributed by atoms with E-state index in [1.165, 1.54) is 0 Å². The van der Waals surface area contributed by atoms with Gasteiger partial charge >= 0.3 is 5.97 Å². The van der Waals surface area contributed by atoms with E-state index < -0.39 is 11.6 Å². The highest BCUT2D eigenvalue weighted by Crippen LogP contribution is 2.28. The van der Waals surface area contributed by atoms with Crippen LogP contribution in [-0.2, 0) is 11.2 Å². The maximum absolute atomic E-state index is 11.8. The minimum Gasteiger partial charge on any atom is -0.426 e. The first-order valence-electron chi connectivity index (χ1n) is 10.7. The molecular weight excluding hydrogens is 402 g/mol. The fraction of sp³-hybridized carbons (Fsp3) is 0.269. The minimum absolute atomic E-state index is 0.0234. The minimum atomic E-state index is -0.689. The molecular formula is C26H25N3O3. The van der Waals surface area contributed by atoms with Crippen molar-refractivity contribution in [3.8, 4) is 17.6 Å². The Morgan fingerprint density at radius 2 is 1.66 bits per heavy atom. The van der Waals surface area contributed by atoms with E-state index in [-0.39, 0.29) is 6.42 Å². The van der Waals surface area contributed by atoms with E-state index in [1.54, 1.807) is 30.3 Å². The van der Waals surface area contributed by atoms with E-state index >= 15 is 0 Å². The number of aromatic nitrogens is 2. The van der Waals surface area contributed by atoms with E-state index in [1.807, 2.05) is 30.3 Å². The van der Waals surface area contributed by atoms with Gasteiger partial charge in [-0.2, -0.15) is 0 Å². The van der Waals surface area contributed by atoms with E-state index in [2.05, 4.69) is 39.1 Å². The van der Waals surface area contributed by atoms with Crippen molar-refractivity contribution in [2.75, 3.05) is 18.0 Å². The van der Waals surface area contributed by atoms with Gasteiger partial charge in [-0.15, -0.1) is 10.2 Å². The van der Waals surface area contributed by atoms with Crippen LogP contribution in [0.5, 0.6) is 5.75 Å². The Hall–Kier alpha value is -3.69. The zero-order chi connectivity index (χ0) is 22.2. The number of carbonyl (C=O) groups excluding carboxylic acids is 1. The van der Waals surface area contributed by atoms with Gasteiger partial charge in [-0.3, -0.25) is 4.79 Å². The average molecular weight is 428 g/mol.